The summed E-state index contributed by atoms with van der Waals surface area (Å²) in [6, 6.07) is 8.57. The van der Waals surface area contributed by atoms with Crippen LogP contribution in [0.2, 0.25) is 0 Å². The van der Waals surface area contributed by atoms with E-state index in [0.717, 1.165) is 11.1 Å². The average molecular weight is 384 g/mol. The molecule has 0 saturated carbocycles. The molecule has 0 radical (unpaired) electrons. The molecular weight excluding hydrogens is 372 g/mol. The van der Waals surface area contributed by atoms with Crippen molar-refractivity contribution in [3.05, 3.63) is 54.1 Å². The largest absolute Gasteiger partial charge is 0.291 e. The second-order valence-corrected chi connectivity index (χ2v) is 8.68. The quantitative estimate of drug-likeness (QED) is 0.620. The SMILES string of the molecule is CS(=O)(=O)CC(=O)c1cccc(-c2cnc(-c3cncc(C#N)c3)s2)n1. The number of aromatic nitrogens is 3. The number of thiazole rings is 1. The molecule has 0 spiro atoms. The summed E-state index contributed by atoms with van der Waals surface area (Å²) in [5, 5.41) is 9.63. The maximum atomic E-state index is 12.0. The molecule has 0 fully saturated rings. The maximum Gasteiger partial charge on any atom is 0.196 e. The molecule has 9 heteroatoms. The standard InChI is InChI=1S/C17H12N4O3S2/c1-26(23,24)10-15(22)13-3-2-4-14(21-13)16-9-20-17(25-16)12-5-11(6-18)7-19-8-12/h2-5,7-9H,10H2,1H3. The van der Waals surface area contributed by atoms with Gasteiger partial charge >= 0.3 is 0 Å². The van der Waals surface area contributed by atoms with E-state index >= 15 is 0 Å². The Bertz CT molecular complexity index is 1130. The van der Waals surface area contributed by atoms with Crippen LogP contribution in [0.25, 0.3) is 21.1 Å². The summed E-state index contributed by atoms with van der Waals surface area (Å²) in [5.74, 6) is -1.13. The molecule has 3 rings (SSSR count). The van der Waals surface area contributed by atoms with Crippen molar-refractivity contribution in [3.8, 4) is 27.2 Å². The highest BCUT2D eigenvalue weighted by atomic mass is 32.2. The second kappa shape index (κ2) is 7.11. The van der Waals surface area contributed by atoms with Crippen LogP contribution in [0.15, 0.2) is 42.9 Å². The lowest BCUT2D eigenvalue weighted by Crippen LogP contribution is -2.15. The highest BCUT2D eigenvalue weighted by molar-refractivity contribution is 7.91. The van der Waals surface area contributed by atoms with Crippen LogP contribution < -0.4 is 0 Å². The van der Waals surface area contributed by atoms with Crippen LogP contribution in [0.3, 0.4) is 0 Å². The zero-order valence-electron chi connectivity index (χ0n) is 13.6. The maximum absolute atomic E-state index is 12.0. The van der Waals surface area contributed by atoms with Crippen molar-refractivity contribution in [1.82, 2.24) is 15.0 Å². The monoisotopic (exact) mass is 384 g/mol. The molecule has 7 nitrogen and oxygen atoms in total. The van der Waals surface area contributed by atoms with Gasteiger partial charge in [0, 0.05) is 30.4 Å². The Morgan fingerprint density at radius 2 is 2.08 bits per heavy atom. The van der Waals surface area contributed by atoms with Crippen LogP contribution in [0, 0.1) is 11.3 Å². The third-order valence-corrected chi connectivity index (χ3v) is 5.16. The predicted molar refractivity (Wildman–Crippen MR) is 97.3 cm³/mol. The summed E-state index contributed by atoms with van der Waals surface area (Å²) in [6.07, 6.45) is 5.71. The molecule has 0 bridgehead atoms. The average Bonchev–Trinajstić information content (AvgIpc) is 3.11. The van der Waals surface area contributed by atoms with Crippen molar-refractivity contribution in [2.75, 3.05) is 12.0 Å². The summed E-state index contributed by atoms with van der Waals surface area (Å²) in [7, 11) is -3.42. The van der Waals surface area contributed by atoms with E-state index in [-0.39, 0.29) is 5.69 Å². The van der Waals surface area contributed by atoms with Crippen LogP contribution >= 0.6 is 11.3 Å². The van der Waals surface area contributed by atoms with Crippen molar-refractivity contribution in [1.29, 1.82) is 5.26 Å². The van der Waals surface area contributed by atoms with Crippen LogP contribution in [0.1, 0.15) is 16.1 Å². The molecule has 0 atom stereocenters. The lowest BCUT2D eigenvalue weighted by molar-refractivity contribution is 0.101. The molecule has 3 aromatic rings. The number of ketones is 1. The van der Waals surface area contributed by atoms with Gasteiger partial charge in [0.25, 0.3) is 0 Å². The Kier molecular flexibility index (Phi) is 4.88. The molecule has 0 aliphatic carbocycles. The van der Waals surface area contributed by atoms with E-state index in [1.165, 1.54) is 23.6 Å². The van der Waals surface area contributed by atoms with Crippen LogP contribution in [0.5, 0.6) is 0 Å². The van der Waals surface area contributed by atoms with E-state index in [2.05, 4.69) is 15.0 Å². The van der Waals surface area contributed by atoms with E-state index in [9.17, 15) is 13.2 Å². The number of rotatable bonds is 5. The van der Waals surface area contributed by atoms with Crippen LogP contribution in [0.4, 0.5) is 0 Å². The first-order valence-electron chi connectivity index (χ1n) is 7.35. The smallest absolute Gasteiger partial charge is 0.196 e. The zero-order chi connectivity index (χ0) is 18.7. The van der Waals surface area contributed by atoms with E-state index in [4.69, 9.17) is 5.26 Å². The Labute approximate surface area is 153 Å². The minimum absolute atomic E-state index is 0.0935. The number of nitriles is 1. The summed E-state index contributed by atoms with van der Waals surface area (Å²) < 4.78 is 22.6. The summed E-state index contributed by atoms with van der Waals surface area (Å²) in [5.41, 5.74) is 1.77. The number of carbonyl (C=O) groups excluding carboxylic acids is 1. The van der Waals surface area contributed by atoms with Crippen molar-refractivity contribution in [2.45, 2.75) is 0 Å². The van der Waals surface area contributed by atoms with Gasteiger partial charge in [-0.3, -0.25) is 9.78 Å². The van der Waals surface area contributed by atoms with Gasteiger partial charge in [-0.25, -0.2) is 18.4 Å². The molecule has 0 aliphatic heterocycles. The molecule has 130 valence electrons. The Morgan fingerprint density at radius 3 is 2.81 bits per heavy atom. The third-order valence-electron chi connectivity index (χ3n) is 3.30. The molecule has 0 aliphatic rings. The molecule has 3 heterocycles. The predicted octanol–water partition coefficient (Wildman–Crippen LogP) is 2.37. The molecule has 0 aromatic carbocycles. The van der Waals surface area contributed by atoms with E-state index in [0.29, 0.717) is 21.8 Å². The fourth-order valence-corrected chi connectivity index (χ4v) is 3.67. The van der Waals surface area contributed by atoms with Gasteiger partial charge in [-0.1, -0.05) is 6.07 Å². The topological polar surface area (TPSA) is 114 Å². The van der Waals surface area contributed by atoms with E-state index in [1.54, 1.807) is 30.6 Å². The summed E-state index contributed by atoms with van der Waals surface area (Å²) >= 11 is 1.34. The molecule has 0 N–H and O–H groups in total. The van der Waals surface area contributed by atoms with Crippen LogP contribution in [-0.2, 0) is 9.84 Å². The molecule has 0 saturated heterocycles. The van der Waals surface area contributed by atoms with Crippen molar-refractivity contribution in [3.63, 3.8) is 0 Å². The number of carbonyl (C=O) groups is 1. The first kappa shape index (κ1) is 17.8. The fourth-order valence-electron chi connectivity index (χ4n) is 2.18. The first-order chi connectivity index (χ1) is 12.4. The third kappa shape index (κ3) is 4.17. The Morgan fingerprint density at radius 1 is 1.27 bits per heavy atom. The number of hydrogen-bond donors (Lipinski definition) is 0. The molecular formula is C17H12N4O3S2. The minimum atomic E-state index is -3.42. The van der Waals surface area contributed by atoms with Crippen molar-refractivity contribution >= 4 is 27.0 Å². The van der Waals surface area contributed by atoms with Crippen LogP contribution in [-0.4, -0.2) is 41.2 Å². The highest BCUT2D eigenvalue weighted by Gasteiger charge is 2.16. The number of sulfone groups is 1. The lowest BCUT2D eigenvalue weighted by Gasteiger charge is -2.01. The number of pyridine rings is 2. The fraction of sp³-hybridized carbons (Fsp3) is 0.118. The molecule has 26 heavy (non-hydrogen) atoms. The van der Waals surface area contributed by atoms with Gasteiger partial charge in [0.05, 0.1) is 16.1 Å². The van der Waals surface area contributed by atoms with Gasteiger partial charge in [0.15, 0.2) is 15.6 Å². The molecule has 0 amide bonds. The van der Waals surface area contributed by atoms with E-state index < -0.39 is 21.4 Å². The Hall–Kier alpha value is -2.96. The lowest BCUT2D eigenvalue weighted by atomic mass is 10.2. The minimum Gasteiger partial charge on any atom is -0.291 e. The van der Waals surface area contributed by atoms with Crippen molar-refractivity contribution in [2.24, 2.45) is 0 Å². The summed E-state index contributed by atoms with van der Waals surface area (Å²) in [6.45, 7) is 0. The van der Waals surface area contributed by atoms with Crippen molar-refractivity contribution < 1.29 is 13.2 Å². The number of Topliss-reactive ketones (excluding diaryl/α,β-unsaturated/α-hetero) is 1. The molecule has 0 unspecified atom stereocenters. The Balaban J connectivity index is 1.91. The van der Waals surface area contributed by atoms with Gasteiger partial charge < -0.3 is 0 Å². The van der Waals surface area contributed by atoms with Gasteiger partial charge in [0.1, 0.15) is 22.5 Å². The second-order valence-electron chi connectivity index (χ2n) is 5.51. The van der Waals surface area contributed by atoms with Gasteiger partial charge in [-0.05, 0) is 18.2 Å². The number of nitrogens with zero attached hydrogens (tertiary/aromatic N) is 4. The highest BCUT2D eigenvalue weighted by Crippen LogP contribution is 2.31. The van der Waals surface area contributed by atoms with Gasteiger partial charge in [-0.2, -0.15) is 5.26 Å². The zero-order valence-corrected chi connectivity index (χ0v) is 15.2. The van der Waals surface area contributed by atoms with Gasteiger partial charge in [-0.15, -0.1) is 11.3 Å². The number of hydrogen-bond acceptors (Lipinski definition) is 8. The molecule has 3 aromatic heterocycles. The van der Waals surface area contributed by atoms with Gasteiger partial charge in [0.2, 0.25) is 0 Å². The normalized spacial score (nSPS) is 11.1. The van der Waals surface area contributed by atoms with E-state index in [1.807, 2.05) is 6.07 Å². The first-order valence-corrected chi connectivity index (χ1v) is 10.2. The summed E-state index contributed by atoms with van der Waals surface area (Å²) in [4.78, 5) is 25.4.